The molecule has 0 aliphatic rings. The van der Waals surface area contributed by atoms with Crippen LogP contribution in [0.3, 0.4) is 0 Å². The van der Waals surface area contributed by atoms with Crippen molar-refractivity contribution in [2.24, 2.45) is 0 Å². The van der Waals surface area contributed by atoms with Gasteiger partial charge in [0.2, 0.25) is 0 Å². The van der Waals surface area contributed by atoms with Crippen LogP contribution >= 0.6 is 15.9 Å². The van der Waals surface area contributed by atoms with Crippen LogP contribution < -0.4 is 32.2 Å². The lowest BCUT2D eigenvalue weighted by molar-refractivity contribution is 1.28. The van der Waals surface area contributed by atoms with Crippen molar-refractivity contribution in [3.8, 4) is 33.4 Å². The van der Waals surface area contributed by atoms with Gasteiger partial charge in [0.25, 0.3) is 0 Å². The van der Waals surface area contributed by atoms with Crippen molar-refractivity contribution in [2.45, 2.75) is 0 Å². The molecule has 0 N–H and O–H groups in total. The first kappa shape index (κ1) is 29.0. The van der Waals surface area contributed by atoms with Gasteiger partial charge < -0.3 is 4.90 Å². The normalized spacial score (nSPS) is 10.9. The molecule has 0 bridgehead atoms. The molecule has 0 radical (unpaired) electrons. The highest BCUT2D eigenvalue weighted by Gasteiger charge is 2.17. The van der Waals surface area contributed by atoms with Crippen LogP contribution in [0, 0.1) is 0 Å². The van der Waals surface area contributed by atoms with E-state index < -0.39 is 0 Å². The van der Waals surface area contributed by atoms with Crippen LogP contribution in [0.15, 0.2) is 132 Å². The van der Waals surface area contributed by atoms with E-state index in [0.29, 0.717) is 0 Å². The maximum absolute atomic E-state index is 3.64. The van der Waals surface area contributed by atoms with Crippen molar-refractivity contribution in [3.05, 3.63) is 132 Å². The van der Waals surface area contributed by atoms with Gasteiger partial charge in [-0.15, -0.1) is 16.4 Å². The zero-order valence-electron chi connectivity index (χ0n) is 25.4. The number of rotatable bonds is 6. The molecule has 0 aliphatic heterocycles. The number of halogens is 1. The standard InChI is InChI=1S/C36H31B5BrN/c37-32-31(33(38)35(40)36(41)34(32)39)24-11-15-28(16-12-24)43(29-17-13-27(42)14-18-29)30-20-25(22-7-3-1-4-8-22)19-26(21-30)23-9-5-2-6-10-23/h1-21H,37-41H2. The average molecular weight is 612 g/mol. The molecule has 0 amide bonds. The molecule has 0 saturated heterocycles. The molecule has 6 rings (SSSR count). The second-order valence-electron chi connectivity index (χ2n) is 11.4. The van der Waals surface area contributed by atoms with Gasteiger partial charge in [0.15, 0.2) is 0 Å². The predicted molar refractivity (Wildman–Crippen MR) is 206 cm³/mol. The van der Waals surface area contributed by atoms with Crippen molar-refractivity contribution in [1.82, 2.24) is 0 Å². The zero-order valence-corrected chi connectivity index (χ0v) is 27.0. The van der Waals surface area contributed by atoms with E-state index in [1.54, 1.807) is 0 Å². The Hall–Kier alpha value is -4.08. The van der Waals surface area contributed by atoms with Crippen LogP contribution in [0.4, 0.5) is 17.1 Å². The van der Waals surface area contributed by atoms with Crippen LogP contribution in [0.2, 0.25) is 0 Å². The van der Waals surface area contributed by atoms with Gasteiger partial charge in [0, 0.05) is 21.5 Å². The first-order chi connectivity index (χ1) is 20.8. The van der Waals surface area contributed by atoms with Gasteiger partial charge in [-0.1, -0.05) is 99.7 Å². The lowest BCUT2D eigenvalue weighted by atomic mass is 9.60. The summed E-state index contributed by atoms with van der Waals surface area (Å²) in [6.45, 7) is 0. The molecule has 0 unspecified atom stereocenters. The van der Waals surface area contributed by atoms with Gasteiger partial charge in [0.1, 0.15) is 39.2 Å². The molecule has 6 aromatic carbocycles. The van der Waals surface area contributed by atoms with Crippen LogP contribution in [0.1, 0.15) is 0 Å². The van der Waals surface area contributed by atoms with Gasteiger partial charge in [-0.3, -0.25) is 0 Å². The van der Waals surface area contributed by atoms with Crippen LogP contribution in [0.25, 0.3) is 33.4 Å². The Morgan fingerprint density at radius 1 is 0.372 bits per heavy atom. The van der Waals surface area contributed by atoms with Gasteiger partial charge in [-0.2, -0.15) is 0 Å². The Morgan fingerprint density at radius 2 is 0.791 bits per heavy atom. The van der Waals surface area contributed by atoms with E-state index in [4.69, 9.17) is 0 Å². The van der Waals surface area contributed by atoms with Crippen molar-refractivity contribution >= 4 is 99.5 Å². The molecular formula is C36H31B5BrN. The van der Waals surface area contributed by atoms with Crippen molar-refractivity contribution in [2.75, 3.05) is 4.90 Å². The van der Waals surface area contributed by atoms with Gasteiger partial charge in [0.05, 0.1) is 0 Å². The summed E-state index contributed by atoms with van der Waals surface area (Å²) >= 11 is 3.64. The molecule has 0 heterocycles. The molecule has 0 aromatic heterocycles. The highest BCUT2D eigenvalue weighted by Crippen LogP contribution is 2.40. The molecule has 6 aromatic rings. The molecule has 1 nitrogen and oxygen atoms in total. The fourth-order valence-electron chi connectivity index (χ4n) is 6.08. The quantitative estimate of drug-likeness (QED) is 0.262. The third-order valence-corrected chi connectivity index (χ3v) is 9.42. The van der Waals surface area contributed by atoms with E-state index in [-0.39, 0.29) is 0 Å². The Balaban J connectivity index is 1.53. The smallest absolute Gasteiger partial charge is 0.139 e. The van der Waals surface area contributed by atoms with Gasteiger partial charge in [-0.05, 0) is 88.0 Å². The van der Waals surface area contributed by atoms with E-state index in [0.717, 1.165) is 21.5 Å². The average Bonchev–Trinajstić information content (AvgIpc) is 3.05. The molecule has 43 heavy (non-hydrogen) atoms. The molecular weight excluding hydrogens is 580 g/mol. The van der Waals surface area contributed by atoms with E-state index in [2.05, 4.69) is 187 Å². The lowest BCUT2D eigenvalue weighted by Gasteiger charge is -2.27. The summed E-state index contributed by atoms with van der Waals surface area (Å²) in [4.78, 5) is 2.36. The van der Waals surface area contributed by atoms with Crippen molar-refractivity contribution < 1.29 is 0 Å². The monoisotopic (exact) mass is 611 g/mol. The minimum atomic E-state index is 1.06. The minimum absolute atomic E-state index is 1.06. The Kier molecular flexibility index (Phi) is 8.28. The fourth-order valence-corrected chi connectivity index (χ4v) is 6.35. The summed E-state index contributed by atoms with van der Waals surface area (Å²) in [7, 11) is 11.2. The molecule has 7 heteroatoms. The summed E-state index contributed by atoms with van der Waals surface area (Å²) in [5.41, 5.74) is 17.6. The molecule has 0 aliphatic carbocycles. The summed E-state index contributed by atoms with van der Waals surface area (Å²) in [5.74, 6) is 0. The maximum atomic E-state index is 3.64. The maximum Gasteiger partial charge on any atom is 0.139 e. The predicted octanol–water partition coefficient (Wildman–Crippen LogP) is 2.21. The third-order valence-electron chi connectivity index (χ3n) is 8.89. The Bertz CT molecular complexity index is 1820. The number of hydrogen-bond acceptors (Lipinski definition) is 1. The highest BCUT2D eigenvalue weighted by atomic mass is 79.9. The van der Waals surface area contributed by atoms with Gasteiger partial charge in [-0.25, -0.2) is 0 Å². The summed E-state index contributed by atoms with van der Waals surface area (Å²) in [6, 6.07) is 45.9. The van der Waals surface area contributed by atoms with E-state index in [1.165, 1.54) is 60.7 Å². The van der Waals surface area contributed by atoms with Crippen molar-refractivity contribution in [1.29, 1.82) is 0 Å². The summed E-state index contributed by atoms with van der Waals surface area (Å²) < 4.78 is 1.06. The molecule has 0 saturated carbocycles. The zero-order chi connectivity index (χ0) is 30.1. The fraction of sp³-hybridized carbons (Fsp3) is 0. The Morgan fingerprint density at radius 3 is 1.26 bits per heavy atom. The largest absolute Gasteiger partial charge is 0.310 e. The SMILES string of the molecule is Bc1c(B)c(B)c(-c2ccc(N(c3ccc(Br)cc3)c3cc(-c4ccccc4)cc(-c4ccccc4)c3)cc2)c(B)c1B. The Labute approximate surface area is 268 Å². The van der Waals surface area contributed by atoms with Gasteiger partial charge >= 0.3 is 0 Å². The van der Waals surface area contributed by atoms with E-state index in [9.17, 15) is 0 Å². The topological polar surface area (TPSA) is 3.24 Å². The second kappa shape index (κ2) is 12.3. The van der Waals surface area contributed by atoms with Crippen LogP contribution in [-0.4, -0.2) is 39.2 Å². The number of hydrogen-bond donors (Lipinski definition) is 0. The van der Waals surface area contributed by atoms with E-state index >= 15 is 0 Å². The molecule has 202 valence electrons. The summed E-state index contributed by atoms with van der Waals surface area (Å²) in [6.07, 6.45) is 0. The molecule has 0 spiro atoms. The highest BCUT2D eigenvalue weighted by molar-refractivity contribution is 9.10. The molecule has 0 atom stereocenters. The number of benzene rings is 6. The lowest BCUT2D eigenvalue weighted by Crippen LogP contribution is -2.55. The van der Waals surface area contributed by atoms with Crippen LogP contribution in [0.5, 0.6) is 0 Å². The first-order valence-corrected chi connectivity index (χ1v) is 15.6. The molecule has 0 fully saturated rings. The second-order valence-corrected chi connectivity index (χ2v) is 12.3. The van der Waals surface area contributed by atoms with Crippen molar-refractivity contribution in [3.63, 3.8) is 0 Å². The van der Waals surface area contributed by atoms with E-state index in [1.807, 2.05) is 0 Å². The first-order valence-electron chi connectivity index (χ1n) is 14.8. The summed E-state index contributed by atoms with van der Waals surface area (Å²) in [5, 5.41) is 0. The minimum Gasteiger partial charge on any atom is -0.310 e. The number of anilines is 3. The van der Waals surface area contributed by atoms with Crippen LogP contribution in [-0.2, 0) is 0 Å². The third kappa shape index (κ3) is 5.79. The number of nitrogens with zero attached hydrogens (tertiary/aromatic N) is 1.